The number of amides is 1. The van der Waals surface area contributed by atoms with Gasteiger partial charge in [-0.2, -0.15) is 0 Å². The fraction of sp³-hybridized carbons (Fsp3) is 0.154. The Morgan fingerprint density at radius 3 is 2.79 bits per heavy atom. The SMILES string of the molecule is CNC(=O)c1ccc(NCc2cc(Br)cs2)c(N)c1. The number of nitrogens with one attached hydrogen (secondary N) is 2. The molecule has 4 nitrogen and oxygen atoms in total. The number of thiophene rings is 1. The number of benzene rings is 1. The average molecular weight is 340 g/mol. The summed E-state index contributed by atoms with van der Waals surface area (Å²) in [6, 6.07) is 7.31. The molecule has 1 heterocycles. The number of rotatable bonds is 4. The zero-order valence-corrected chi connectivity index (χ0v) is 12.8. The van der Waals surface area contributed by atoms with E-state index in [0.29, 0.717) is 17.8 Å². The topological polar surface area (TPSA) is 67.2 Å². The number of hydrogen-bond acceptors (Lipinski definition) is 4. The van der Waals surface area contributed by atoms with Gasteiger partial charge in [-0.1, -0.05) is 0 Å². The summed E-state index contributed by atoms with van der Waals surface area (Å²) in [5.41, 5.74) is 7.89. The Bertz CT molecular complexity index is 597. The van der Waals surface area contributed by atoms with Crippen LogP contribution in [0.4, 0.5) is 11.4 Å². The van der Waals surface area contributed by atoms with Gasteiger partial charge in [0.2, 0.25) is 0 Å². The van der Waals surface area contributed by atoms with E-state index >= 15 is 0 Å². The fourth-order valence-corrected chi connectivity index (χ4v) is 3.03. The molecule has 2 aromatic rings. The van der Waals surface area contributed by atoms with Gasteiger partial charge < -0.3 is 16.4 Å². The number of hydrogen-bond donors (Lipinski definition) is 3. The van der Waals surface area contributed by atoms with Gasteiger partial charge in [-0.15, -0.1) is 11.3 Å². The zero-order chi connectivity index (χ0) is 13.8. The predicted molar refractivity (Wildman–Crippen MR) is 83.6 cm³/mol. The van der Waals surface area contributed by atoms with Gasteiger partial charge in [0, 0.05) is 33.9 Å². The lowest BCUT2D eigenvalue weighted by Crippen LogP contribution is -2.18. The summed E-state index contributed by atoms with van der Waals surface area (Å²) in [4.78, 5) is 12.7. The molecule has 4 N–H and O–H groups in total. The van der Waals surface area contributed by atoms with E-state index in [1.54, 1.807) is 30.5 Å². The quantitative estimate of drug-likeness (QED) is 0.750. The van der Waals surface area contributed by atoms with Crippen LogP contribution in [-0.2, 0) is 6.54 Å². The Morgan fingerprint density at radius 1 is 1.42 bits per heavy atom. The molecule has 1 amide bonds. The summed E-state index contributed by atoms with van der Waals surface area (Å²) in [6.07, 6.45) is 0. The normalized spacial score (nSPS) is 10.2. The third kappa shape index (κ3) is 3.48. The first-order valence-corrected chi connectivity index (χ1v) is 7.36. The second-order valence-electron chi connectivity index (χ2n) is 3.97. The lowest BCUT2D eigenvalue weighted by molar-refractivity contribution is 0.0963. The maximum atomic E-state index is 11.5. The molecule has 1 aromatic carbocycles. The first-order chi connectivity index (χ1) is 9.10. The van der Waals surface area contributed by atoms with E-state index < -0.39 is 0 Å². The second-order valence-corrected chi connectivity index (χ2v) is 5.88. The van der Waals surface area contributed by atoms with Crippen LogP contribution in [-0.4, -0.2) is 13.0 Å². The van der Waals surface area contributed by atoms with Gasteiger partial charge in [-0.3, -0.25) is 4.79 Å². The molecular weight excluding hydrogens is 326 g/mol. The van der Waals surface area contributed by atoms with Crippen LogP contribution in [0.2, 0.25) is 0 Å². The zero-order valence-electron chi connectivity index (χ0n) is 10.4. The van der Waals surface area contributed by atoms with Crippen LogP contribution >= 0.6 is 27.3 Å². The summed E-state index contributed by atoms with van der Waals surface area (Å²) in [6.45, 7) is 0.708. The number of carbonyl (C=O) groups is 1. The third-order valence-electron chi connectivity index (χ3n) is 2.62. The molecule has 100 valence electrons. The smallest absolute Gasteiger partial charge is 0.251 e. The molecule has 0 aliphatic rings. The van der Waals surface area contributed by atoms with E-state index in [0.717, 1.165) is 10.2 Å². The van der Waals surface area contributed by atoms with Crippen LogP contribution in [0.5, 0.6) is 0 Å². The van der Waals surface area contributed by atoms with E-state index in [9.17, 15) is 4.79 Å². The monoisotopic (exact) mass is 339 g/mol. The van der Waals surface area contributed by atoms with Crippen molar-refractivity contribution in [3.8, 4) is 0 Å². The molecule has 0 atom stereocenters. The Balaban J connectivity index is 2.07. The summed E-state index contributed by atoms with van der Waals surface area (Å²) in [5.74, 6) is -0.138. The molecule has 0 saturated carbocycles. The highest BCUT2D eigenvalue weighted by atomic mass is 79.9. The minimum Gasteiger partial charge on any atom is -0.397 e. The molecule has 2 rings (SSSR count). The van der Waals surface area contributed by atoms with E-state index in [-0.39, 0.29) is 5.91 Å². The summed E-state index contributed by atoms with van der Waals surface area (Å²) >= 11 is 5.09. The number of halogens is 1. The van der Waals surface area contributed by atoms with Crippen molar-refractivity contribution < 1.29 is 4.79 Å². The lowest BCUT2D eigenvalue weighted by Gasteiger charge is -2.09. The predicted octanol–water partition coefficient (Wildman–Crippen LogP) is 3.06. The van der Waals surface area contributed by atoms with Crippen molar-refractivity contribution in [1.29, 1.82) is 0 Å². The van der Waals surface area contributed by atoms with E-state index in [4.69, 9.17) is 5.73 Å². The molecule has 0 aliphatic heterocycles. The van der Waals surface area contributed by atoms with Crippen LogP contribution in [0.3, 0.4) is 0 Å². The third-order valence-corrected chi connectivity index (χ3v) is 4.31. The van der Waals surface area contributed by atoms with Crippen LogP contribution in [0.25, 0.3) is 0 Å². The minimum atomic E-state index is -0.138. The van der Waals surface area contributed by atoms with Gasteiger partial charge in [-0.25, -0.2) is 0 Å². The fourth-order valence-electron chi connectivity index (χ4n) is 1.64. The molecule has 0 fully saturated rings. The van der Waals surface area contributed by atoms with Crippen molar-refractivity contribution in [3.05, 3.63) is 44.6 Å². The van der Waals surface area contributed by atoms with Gasteiger partial charge in [0.15, 0.2) is 0 Å². The second kappa shape index (κ2) is 6.08. The summed E-state index contributed by atoms with van der Waals surface area (Å²) in [5, 5.41) is 7.87. The van der Waals surface area contributed by atoms with Crippen LogP contribution < -0.4 is 16.4 Å². The molecular formula is C13H14BrN3OS. The van der Waals surface area contributed by atoms with Gasteiger partial charge in [0.1, 0.15) is 0 Å². The van der Waals surface area contributed by atoms with Crippen LogP contribution in [0.1, 0.15) is 15.2 Å². The molecule has 0 radical (unpaired) electrons. The standard InChI is InChI=1S/C13H14BrN3OS/c1-16-13(18)8-2-3-12(11(15)4-8)17-6-10-5-9(14)7-19-10/h2-5,7,17H,6,15H2,1H3,(H,16,18). The molecule has 0 saturated heterocycles. The Hall–Kier alpha value is -1.53. The number of nitrogen functional groups attached to an aromatic ring is 1. The van der Waals surface area contributed by atoms with Crippen molar-refractivity contribution in [2.24, 2.45) is 0 Å². The maximum absolute atomic E-state index is 11.5. The largest absolute Gasteiger partial charge is 0.397 e. The Labute approximate surface area is 124 Å². The minimum absolute atomic E-state index is 0.138. The van der Waals surface area contributed by atoms with Gasteiger partial charge in [0.05, 0.1) is 11.4 Å². The molecule has 6 heteroatoms. The number of nitrogens with two attached hydrogens (primary N) is 1. The molecule has 0 unspecified atom stereocenters. The first kappa shape index (κ1) is 13.9. The van der Waals surface area contributed by atoms with Gasteiger partial charge >= 0.3 is 0 Å². The maximum Gasteiger partial charge on any atom is 0.251 e. The van der Waals surface area contributed by atoms with E-state index in [1.165, 1.54) is 4.88 Å². The lowest BCUT2D eigenvalue weighted by atomic mass is 10.1. The average Bonchev–Trinajstić information content (AvgIpc) is 2.82. The van der Waals surface area contributed by atoms with Gasteiger partial charge in [0.25, 0.3) is 5.91 Å². The molecule has 0 bridgehead atoms. The van der Waals surface area contributed by atoms with E-state index in [2.05, 4.69) is 32.6 Å². The molecule has 0 aliphatic carbocycles. The highest BCUT2D eigenvalue weighted by molar-refractivity contribution is 9.10. The van der Waals surface area contributed by atoms with Crippen LogP contribution in [0.15, 0.2) is 34.1 Å². The summed E-state index contributed by atoms with van der Waals surface area (Å²) in [7, 11) is 1.60. The van der Waals surface area contributed by atoms with Crippen molar-refractivity contribution in [3.63, 3.8) is 0 Å². The summed E-state index contributed by atoms with van der Waals surface area (Å²) < 4.78 is 1.08. The highest BCUT2D eigenvalue weighted by Crippen LogP contribution is 2.24. The van der Waals surface area contributed by atoms with Crippen molar-refractivity contribution in [1.82, 2.24) is 5.32 Å². The molecule has 1 aromatic heterocycles. The highest BCUT2D eigenvalue weighted by Gasteiger charge is 2.06. The number of carbonyl (C=O) groups excluding carboxylic acids is 1. The molecule has 19 heavy (non-hydrogen) atoms. The Morgan fingerprint density at radius 2 is 2.21 bits per heavy atom. The molecule has 0 spiro atoms. The van der Waals surface area contributed by atoms with E-state index in [1.807, 2.05) is 11.4 Å². The van der Waals surface area contributed by atoms with Crippen molar-refractivity contribution >= 4 is 44.5 Å². The first-order valence-electron chi connectivity index (χ1n) is 5.68. The van der Waals surface area contributed by atoms with Crippen molar-refractivity contribution in [2.45, 2.75) is 6.54 Å². The van der Waals surface area contributed by atoms with Crippen molar-refractivity contribution in [2.75, 3.05) is 18.1 Å². The number of anilines is 2. The van der Waals surface area contributed by atoms with Crippen LogP contribution in [0, 0.1) is 0 Å². The Kier molecular flexibility index (Phi) is 4.44. The van der Waals surface area contributed by atoms with Gasteiger partial charge in [-0.05, 0) is 40.2 Å².